The van der Waals surface area contributed by atoms with Gasteiger partial charge in [0.1, 0.15) is 22.8 Å². The molecule has 0 aromatic carbocycles. The number of aromatic nitrogens is 4. The molecule has 2 aromatic rings. The largest absolute Gasteiger partial charge is 0.465 e. The fourth-order valence-electron chi connectivity index (χ4n) is 2.20. The van der Waals surface area contributed by atoms with Crippen molar-refractivity contribution in [1.29, 1.82) is 0 Å². The van der Waals surface area contributed by atoms with Crippen molar-refractivity contribution in [2.24, 2.45) is 14.1 Å². The van der Waals surface area contributed by atoms with Crippen LogP contribution in [0.2, 0.25) is 0 Å². The Morgan fingerprint density at radius 2 is 1.88 bits per heavy atom. The van der Waals surface area contributed by atoms with Gasteiger partial charge in [0.25, 0.3) is 5.56 Å². The normalized spacial score (nSPS) is 10.8. The maximum atomic E-state index is 12.5. The van der Waals surface area contributed by atoms with Crippen LogP contribution in [0.25, 0.3) is 11.0 Å². The molecule has 10 nitrogen and oxygen atoms in total. The number of fused-ring (bicyclic) bond motifs is 1. The van der Waals surface area contributed by atoms with E-state index in [1.165, 1.54) is 18.7 Å². The molecule has 140 valence electrons. The molecule has 2 rings (SSSR count). The molecule has 0 atom stereocenters. The number of thioether (sulfide) groups is 1. The monoisotopic (exact) mass is 381 g/mol. The molecule has 0 aliphatic rings. The van der Waals surface area contributed by atoms with E-state index in [2.05, 4.69) is 15.3 Å². The number of hydrogen-bond donors (Lipinski definition) is 1. The van der Waals surface area contributed by atoms with Crippen LogP contribution < -0.4 is 16.6 Å². The Morgan fingerprint density at radius 3 is 2.54 bits per heavy atom. The molecule has 0 saturated heterocycles. The topological polar surface area (TPSA) is 125 Å². The van der Waals surface area contributed by atoms with Crippen molar-refractivity contribution in [3.63, 3.8) is 0 Å². The van der Waals surface area contributed by atoms with Crippen molar-refractivity contribution >= 4 is 34.7 Å². The first-order valence-corrected chi connectivity index (χ1v) is 8.74. The van der Waals surface area contributed by atoms with E-state index in [9.17, 15) is 19.2 Å². The van der Waals surface area contributed by atoms with E-state index >= 15 is 0 Å². The van der Waals surface area contributed by atoms with Gasteiger partial charge in [-0.3, -0.25) is 23.5 Å². The standard InChI is InChI=1S/C15H19N5O5S/c1-5-25-10(22)6-16-9(21)7-26-13-11-12(17-8(2)18-13)19(3)15(24)20(4)14(11)23/h5-7H2,1-4H3,(H,16,21). The number of hydrogen-bond acceptors (Lipinski definition) is 8. The summed E-state index contributed by atoms with van der Waals surface area (Å²) in [5.74, 6) is -0.626. The van der Waals surface area contributed by atoms with Crippen LogP contribution in [0, 0.1) is 6.92 Å². The first-order chi connectivity index (χ1) is 12.3. The molecule has 0 radical (unpaired) electrons. The Bertz CT molecular complexity index is 981. The molecule has 0 saturated carbocycles. The zero-order chi connectivity index (χ0) is 19.4. The molecule has 26 heavy (non-hydrogen) atoms. The Balaban J connectivity index is 2.28. The van der Waals surface area contributed by atoms with Gasteiger partial charge in [-0.25, -0.2) is 14.8 Å². The van der Waals surface area contributed by atoms with Gasteiger partial charge < -0.3 is 10.1 Å². The van der Waals surface area contributed by atoms with Crippen molar-refractivity contribution in [2.75, 3.05) is 18.9 Å². The van der Waals surface area contributed by atoms with Crippen LogP contribution in [0.1, 0.15) is 12.7 Å². The fourth-order valence-corrected chi connectivity index (χ4v) is 3.09. The summed E-state index contributed by atoms with van der Waals surface area (Å²) in [6.07, 6.45) is 0. The highest BCUT2D eigenvalue weighted by atomic mass is 32.2. The van der Waals surface area contributed by atoms with Crippen LogP contribution in [0.4, 0.5) is 0 Å². The third kappa shape index (κ3) is 4.10. The number of aryl methyl sites for hydroxylation is 2. The van der Waals surface area contributed by atoms with E-state index in [0.717, 1.165) is 16.3 Å². The first kappa shape index (κ1) is 19.6. The van der Waals surface area contributed by atoms with E-state index < -0.39 is 23.1 Å². The number of amides is 1. The zero-order valence-corrected chi connectivity index (χ0v) is 15.7. The van der Waals surface area contributed by atoms with Gasteiger partial charge in [0.2, 0.25) is 5.91 Å². The lowest BCUT2D eigenvalue weighted by Gasteiger charge is -2.10. The second-order valence-corrected chi connectivity index (χ2v) is 6.31. The van der Waals surface area contributed by atoms with Crippen molar-refractivity contribution in [3.05, 3.63) is 26.7 Å². The summed E-state index contributed by atoms with van der Waals surface area (Å²) in [4.78, 5) is 56.0. The molecule has 1 N–H and O–H groups in total. The lowest BCUT2D eigenvalue weighted by Crippen LogP contribution is -2.38. The molecular weight excluding hydrogens is 362 g/mol. The van der Waals surface area contributed by atoms with Gasteiger partial charge in [-0.2, -0.15) is 0 Å². The van der Waals surface area contributed by atoms with E-state index in [4.69, 9.17) is 4.74 Å². The summed E-state index contributed by atoms with van der Waals surface area (Å²) < 4.78 is 6.95. The predicted molar refractivity (Wildman–Crippen MR) is 95.1 cm³/mol. The Morgan fingerprint density at radius 1 is 1.19 bits per heavy atom. The van der Waals surface area contributed by atoms with E-state index in [1.54, 1.807) is 13.8 Å². The average molecular weight is 381 g/mol. The third-order valence-electron chi connectivity index (χ3n) is 3.45. The predicted octanol–water partition coefficient (Wildman–Crippen LogP) is -0.893. The van der Waals surface area contributed by atoms with Gasteiger partial charge in [-0.15, -0.1) is 0 Å². The first-order valence-electron chi connectivity index (χ1n) is 7.75. The van der Waals surface area contributed by atoms with Crippen LogP contribution in [0.3, 0.4) is 0 Å². The summed E-state index contributed by atoms with van der Waals surface area (Å²) in [6.45, 7) is 3.31. The number of carbonyl (C=O) groups excluding carboxylic acids is 2. The highest BCUT2D eigenvalue weighted by Crippen LogP contribution is 2.21. The van der Waals surface area contributed by atoms with Gasteiger partial charge in [0, 0.05) is 14.1 Å². The van der Waals surface area contributed by atoms with Crippen molar-refractivity contribution in [2.45, 2.75) is 18.9 Å². The van der Waals surface area contributed by atoms with Crippen LogP contribution in [-0.2, 0) is 28.4 Å². The molecular formula is C15H19N5O5S. The van der Waals surface area contributed by atoms with Crippen LogP contribution in [-0.4, -0.2) is 49.9 Å². The van der Waals surface area contributed by atoms with Crippen LogP contribution >= 0.6 is 11.8 Å². The number of nitrogens with one attached hydrogen (secondary N) is 1. The highest BCUT2D eigenvalue weighted by Gasteiger charge is 2.17. The lowest BCUT2D eigenvalue weighted by molar-refractivity contribution is -0.143. The van der Waals surface area contributed by atoms with E-state index in [1.807, 2.05) is 0 Å². The lowest BCUT2D eigenvalue weighted by atomic mass is 10.4. The average Bonchev–Trinajstić information content (AvgIpc) is 2.60. The SMILES string of the molecule is CCOC(=O)CNC(=O)CSc1nc(C)nc2c1c(=O)n(C)c(=O)n2C. The molecule has 2 aromatic heterocycles. The number of carbonyl (C=O) groups is 2. The Kier molecular flexibility index (Phi) is 6.14. The minimum Gasteiger partial charge on any atom is -0.465 e. The molecule has 0 unspecified atom stereocenters. The maximum absolute atomic E-state index is 12.5. The summed E-state index contributed by atoms with van der Waals surface area (Å²) >= 11 is 1.03. The quantitative estimate of drug-likeness (QED) is 0.388. The van der Waals surface area contributed by atoms with E-state index in [0.29, 0.717) is 10.9 Å². The zero-order valence-electron chi connectivity index (χ0n) is 14.9. The maximum Gasteiger partial charge on any atom is 0.332 e. The second-order valence-electron chi connectivity index (χ2n) is 5.35. The summed E-state index contributed by atoms with van der Waals surface area (Å²) in [7, 11) is 2.88. The number of ether oxygens (including phenoxy) is 1. The highest BCUT2D eigenvalue weighted by molar-refractivity contribution is 8.00. The number of esters is 1. The molecule has 0 aliphatic heterocycles. The molecule has 0 aliphatic carbocycles. The molecule has 2 heterocycles. The van der Waals surface area contributed by atoms with Crippen LogP contribution in [0.5, 0.6) is 0 Å². The summed E-state index contributed by atoms with van der Waals surface area (Å²) in [5.41, 5.74) is -0.818. The fraction of sp³-hybridized carbons (Fsp3) is 0.467. The Labute approximate surface area is 152 Å². The summed E-state index contributed by atoms with van der Waals surface area (Å²) in [5, 5.41) is 2.90. The number of nitrogens with zero attached hydrogens (tertiary/aromatic N) is 4. The van der Waals surface area contributed by atoms with Gasteiger partial charge in [0.05, 0.1) is 12.4 Å². The van der Waals surface area contributed by atoms with Gasteiger partial charge >= 0.3 is 11.7 Å². The molecule has 0 bridgehead atoms. The second kappa shape index (κ2) is 8.13. The Hall–Kier alpha value is -2.69. The van der Waals surface area contributed by atoms with Gasteiger partial charge in [-0.05, 0) is 13.8 Å². The van der Waals surface area contributed by atoms with Crippen LogP contribution in [0.15, 0.2) is 14.6 Å². The minimum atomic E-state index is -0.530. The van der Waals surface area contributed by atoms with Gasteiger partial charge in [0.15, 0.2) is 5.65 Å². The molecule has 0 spiro atoms. The van der Waals surface area contributed by atoms with Crippen molar-refractivity contribution in [1.82, 2.24) is 24.4 Å². The van der Waals surface area contributed by atoms with Crippen molar-refractivity contribution < 1.29 is 14.3 Å². The molecule has 1 amide bonds. The molecule has 0 fully saturated rings. The van der Waals surface area contributed by atoms with Crippen molar-refractivity contribution in [3.8, 4) is 0 Å². The van der Waals surface area contributed by atoms with Gasteiger partial charge in [-0.1, -0.05) is 11.8 Å². The summed E-state index contributed by atoms with van der Waals surface area (Å²) in [6, 6.07) is 0. The smallest absolute Gasteiger partial charge is 0.332 e. The third-order valence-corrected chi connectivity index (χ3v) is 4.43. The minimum absolute atomic E-state index is 0.0586. The molecule has 11 heteroatoms. The van der Waals surface area contributed by atoms with E-state index in [-0.39, 0.29) is 29.9 Å². The number of rotatable bonds is 6.